The summed E-state index contributed by atoms with van der Waals surface area (Å²) in [4.78, 5) is 11.9. The lowest BCUT2D eigenvalue weighted by atomic mass is 10.1. The molecule has 0 aliphatic rings. The second-order valence-corrected chi connectivity index (χ2v) is 7.45. The van der Waals surface area contributed by atoms with Crippen LogP contribution in [0.5, 0.6) is 0 Å². The van der Waals surface area contributed by atoms with Crippen molar-refractivity contribution in [2.45, 2.75) is 38.2 Å². The Morgan fingerprint density at radius 1 is 1.35 bits per heavy atom. The van der Waals surface area contributed by atoms with Crippen LogP contribution in [-0.2, 0) is 14.8 Å². The van der Waals surface area contributed by atoms with Gasteiger partial charge in [-0.3, -0.25) is 0 Å². The quantitative estimate of drug-likeness (QED) is 0.814. The van der Waals surface area contributed by atoms with E-state index in [0.29, 0.717) is 10.4 Å². The summed E-state index contributed by atoms with van der Waals surface area (Å²) < 4.78 is 28.3. The molecule has 0 aromatic heterocycles. The summed E-state index contributed by atoms with van der Waals surface area (Å²) in [5, 5.41) is 5.05. The molecule has 0 aliphatic carbocycles. The highest BCUT2D eigenvalue weighted by Gasteiger charge is 2.19. The van der Waals surface area contributed by atoms with Gasteiger partial charge in [0.15, 0.2) is 0 Å². The molecule has 1 rings (SSSR count). The molecule has 112 valence electrons. The minimum atomic E-state index is -3.85. The van der Waals surface area contributed by atoms with E-state index < -0.39 is 16.0 Å². The minimum absolute atomic E-state index is 0.121. The Balaban J connectivity index is 2.98. The third-order valence-electron chi connectivity index (χ3n) is 2.60. The van der Waals surface area contributed by atoms with Gasteiger partial charge in [0.05, 0.1) is 16.6 Å². The van der Waals surface area contributed by atoms with Gasteiger partial charge in [0.25, 0.3) is 0 Å². The predicted octanol–water partition coefficient (Wildman–Crippen LogP) is 2.69. The number of ether oxygens (including phenoxy) is 1. The van der Waals surface area contributed by atoms with Crippen LogP contribution in [0, 0.1) is 5.92 Å². The number of hydrogen-bond acceptors (Lipinski definition) is 4. The van der Waals surface area contributed by atoms with Crippen LogP contribution in [0.25, 0.3) is 0 Å². The molecule has 1 aromatic rings. The van der Waals surface area contributed by atoms with Crippen molar-refractivity contribution in [3.8, 4) is 0 Å². The summed E-state index contributed by atoms with van der Waals surface area (Å²) in [7, 11) is -3.85. The highest BCUT2D eigenvalue weighted by atomic mass is 79.9. The van der Waals surface area contributed by atoms with Gasteiger partial charge in [-0.05, 0) is 53.4 Å². The molecule has 0 amide bonds. The molecule has 0 radical (unpaired) electrons. The molecule has 1 atom stereocenters. The predicted molar refractivity (Wildman–Crippen MR) is 79.8 cm³/mol. The molecule has 20 heavy (non-hydrogen) atoms. The van der Waals surface area contributed by atoms with E-state index >= 15 is 0 Å². The number of primary sulfonamides is 1. The third-order valence-corrected chi connectivity index (χ3v) is 4.20. The van der Waals surface area contributed by atoms with Gasteiger partial charge in [0, 0.05) is 4.47 Å². The standard InChI is InChI=1S/C13H18BrNO4S/c1-8(2)6-9(3)19-13(16)11-7-10(20(15,17)18)4-5-12(11)14/h4-5,7-9H,6H2,1-3H3,(H2,15,17,18). The van der Waals surface area contributed by atoms with Crippen LogP contribution < -0.4 is 5.14 Å². The summed E-state index contributed by atoms with van der Waals surface area (Å²) in [5.74, 6) is -0.174. The number of rotatable bonds is 5. The molecule has 0 aliphatic heterocycles. The Kier molecular flexibility index (Phi) is 5.73. The zero-order chi connectivity index (χ0) is 15.5. The van der Waals surface area contributed by atoms with E-state index in [1.54, 1.807) is 6.92 Å². The van der Waals surface area contributed by atoms with E-state index in [1.165, 1.54) is 18.2 Å². The second kappa shape index (κ2) is 6.69. The number of hydrogen-bond donors (Lipinski definition) is 1. The number of nitrogens with two attached hydrogens (primary N) is 1. The molecule has 5 nitrogen and oxygen atoms in total. The normalized spacial score (nSPS) is 13.3. The fourth-order valence-electron chi connectivity index (χ4n) is 1.80. The van der Waals surface area contributed by atoms with Crippen molar-refractivity contribution in [2.24, 2.45) is 11.1 Å². The van der Waals surface area contributed by atoms with Crippen LogP contribution in [0.4, 0.5) is 0 Å². The van der Waals surface area contributed by atoms with Crippen LogP contribution in [0.1, 0.15) is 37.6 Å². The van der Waals surface area contributed by atoms with Crippen molar-refractivity contribution in [3.63, 3.8) is 0 Å². The Bertz CT molecular complexity index is 598. The van der Waals surface area contributed by atoms with Crippen molar-refractivity contribution in [3.05, 3.63) is 28.2 Å². The number of benzene rings is 1. The Morgan fingerprint density at radius 2 is 1.95 bits per heavy atom. The number of sulfonamides is 1. The maximum atomic E-state index is 12.0. The summed E-state index contributed by atoms with van der Waals surface area (Å²) in [6, 6.07) is 4.00. The average Bonchev–Trinajstić information content (AvgIpc) is 2.26. The fraction of sp³-hybridized carbons (Fsp3) is 0.462. The molecule has 1 aromatic carbocycles. The smallest absolute Gasteiger partial charge is 0.339 e. The van der Waals surface area contributed by atoms with E-state index in [4.69, 9.17) is 9.88 Å². The summed E-state index contributed by atoms with van der Waals surface area (Å²) in [5.41, 5.74) is 0.145. The van der Waals surface area contributed by atoms with Crippen LogP contribution >= 0.6 is 15.9 Å². The maximum absolute atomic E-state index is 12.0. The minimum Gasteiger partial charge on any atom is -0.459 e. The molecule has 0 fully saturated rings. The zero-order valence-electron chi connectivity index (χ0n) is 11.6. The lowest BCUT2D eigenvalue weighted by Crippen LogP contribution is -2.18. The van der Waals surface area contributed by atoms with Crippen molar-refractivity contribution in [1.82, 2.24) is 0 Å². The first-order chi connectivity index (χ1) is 9.11. The van der Waals surface area contributed by atoms with Gasteiger partial charge in [0.1, 0.15) is 0 Å². The van der Waals surface area contributed by atoms with Crippen LogP contribution in [0.3, 0.4) is 0 Å². The molecule has 0 spiro atoms. The molecule has 7 heteroatoms. The van der Waals surface area contributed by atoms with Gasteiger partial charge in [-0.1, -0.05) is 13.8 Å². The molecule has 0 saturated carbocycles. The zero-order valence-corrected chi connectivity index (χ0v) is 14.0. The molecule has 2 N–H and O–H groups in total. The Morgan fingerprint density at radius 3 is 2.45 bits per heavy atom. The molecule has 0 heterocycles. The van der Waals surface area contributed by atoms with Crippen LogP contribution in [0.2, 0.25) is 0 Å². The van der Waals surface area contributed by atoms with Gasteiger partial charge in [-0.2, -0.15) is 0 Å². The number of esters is 1. The first-order valence-corrected chi connectivity index (χ1v) is 8.48. The van der Waals surface area contributed by atoms with Crippen molar-refractivity contribution in [1.29, 1.82) is 0 Å². The van der Waals surface area contributed by atoms with Crippen LogP contribution in [0.15, 0.2) is 27.6 Å². The maximum Gasteiger partial charge on any atom is 0.339 e. The highest BCUT2D eigenvalue weighted by molar-refractivity contribution is 9.10. The Labute approximate surface area is 127 Å². The Hall–Kier alpha value is -0.920. The lowest BCUT2D eigenvalue weighted by molar-refractivity contribution is 0.0298. The first-order valence-electron chi connectivity index (χ1n) is 6.14. The van der Waals surface area contributed by atoms with Crippen molar-refractivity contribution < 1.29 is 17.9 Å². The van der Waals surface area contributed by atoms with E-state index in [0.717, 1.165) is 6.42 Å². The average molecular weight is 364 g/mol. The third kappa shape index (κ3) is 4.88. The molecule has 0 bridgehead atoms. The summed E-state index contributed by atoms with van der Waals surface area (Å²) in [6.45, 7) is 5.86. The van der Waals surface area contributed by atoms with Gasteiger partial charge in [-0.25, -0.2) is 18.4 Å². The van der Waals surface area contributed by atoms with E-state index in [1.807, 2.05) is 13.8 Å². The SMILES string of the molecule is CC(C)CC(C)OC(=O)c1cc(S(N)(=O)=O)ccc1Br. The second-order valence-electron chi connectivity index (χ2n) is 5.03. The van der Waals surface area contributed by atoms with Gasteiger partial charge < -0.3 is 4.74 Å². The lowest BCUT2D eigenvalue weighted by Gasteiger charge is -2.16. The summed E-state index contributed by atoms with van der Waals surface area (Å²) in [6.07, 6.45) is 0.491. The molecular formula is C13H18BrNO4S. The van der Waals surface area contributed by atoms with Crippen molar-refractivity contribution >= 4 is 31.9 Å². The van der Waals surface area contributed by atoms with Gasteiger partial charge in [0.2, 0.25) is 10.0 Å². The number of carbonyl (C=O) groups excluding carboxylic acids is 1. The number of carbonyl (C=O) groups is 1. The van der Waals surface area contributed by atoms with Crippen LogP contribution in [-0.4, -0.2) is 20.5 Å². The van der Waals surface area contributed by atoms with E-state index in [-0.39, 0.29) is 16.6 Å². The molecule has 1 unspecified atom stereocenters. The molecular weight excluding hydrogens is 346 g/mol. The largest absolute Gasteiger partial charge is 0.459 e. The fourth-order valence-corrected chi connectivity index (χ4v) is 2.74. The molecule has 0 saturated heterocycles. The van der Waals surface area contributed by atoms with Crippen molar-refractivity contribution in [2.75, 3.05) is 0 Å². The number of halogens is 1. The van der Waals surface area contributed by atoms with Gasteiger partial charge in [-0.15, -0.1) is 0 Å². The topological polar surface area (TPSA) is 86.5 Å². The summed E-state index contributed by atoms with van der Waals surface area (Å²) >= 11 is 3.20. The highest BCUT2D eigenvalue weighted by Crippen LogP contribution is 2.22. The monoisotopic (exact) mass is 363 g/mol. The first kappa shape index (κ1) is 17.1. The van der Waals surface area contributed by atoms with Gasteiger partial charge >= 0.3 is 5.97 Å². The van der Waals surface area contributed by atoms with E-state index in [9.17, 15) is 13.2 Å². The van der Waals surface area contributed by atoms with E-state index in [2.05, 4.69) is 15.9 Å².